The first-order valence-corrected chi connectivity index (χ1v) is 10.9. The molecule has 1 amide bonds. The minimum atomic E-state index is -4.72. The molecular weight excluding hydrogens is 475 g/mol. The third kappa shape index (κ3) is 5.05. The molecule has 35 heavy (non-hydrogen) atoms. The van der Waals surface area contributed by atoms with Gasteiger partial charge in [0.2, 0.25) is 5.43 Å². The van der Waals surface area contributed by atoms with Gasteiger partial charge < -0.3 is 15.0 Å². The molecule has 3 aromatic rings. The highest BCUT2D eigenvalue weighted by molar-refractivity contribution is 5.81. The Morgan fingerprint density at radius 1 is 1.17 bits per heavy atom. The smallest absolute Gasteiger partial charge is 0.405 e. The zero-order chi connectivity index (χ0) is 25.3. The van der Waals surface area contributed by atoms with Crippen LogP contribution in [0.15, 0.2) is 41.3 Å². The van der Waals surface area contributed by atoms with Crippen LogP contribution in [-0.2, 0) is 0 Å². The Labute approximate surface area is 196 Å². The summed E-state index contributed by atoms with van der Waals surface area (Å²) in [5.41, 5.74) is -1.01. The molecule has 0 spiro atoms. The number of amides is 1. The van der Waals surface area contributed by atoms with Gasteiger partial charge in [-0.3, -0.25) is 9.36 Å². The lowest BCUT2D eigenvalue weighted by Gasteiger charge is -2.20. The summed E-state index contributed by atoms with van der Waals surface area (Å²) in [6.07, 6.45) is -3.81. The molecule has 1 fully saturated rings. The van der Waals surface area contributed by atoms with Crippen molar-refractivity contribution in [1.82, 2.24) is 14.9 Å². The number of fused-ring (bicyclic) bond motifs is 1. The molecule has 1 aromatic carbocycles. The molecule has 1 aliphatic heterocycles. The monoisotopic (exact) mass is 496 g/mol. The highest BCUT2D eigenvalue weighted by Crippen LogP contribution is 2.26. The van der Waals surface area contributed by atoms with E-state index in [0.29, 0.717) is 11.9 Å². The first-order chi connectivity index (χ1) is 16.6. The molecule has 0 aliphatic carbocycles. The summed E-state index contributed by atoms with van der Waals surface area (Å²) in [7, 11) is 0. The Kier molecular flexibility index (Phi) is 6.64. The van der Waals surface area contributed by atoms with E-state index in [9.17, 15) is 31.5 Å². The van der Waals surface area contributed by atoms with Gasteiger partial charge in [-0.05, 0) is 43.5 Å². The molecule has 0 saturated carbocycles. The molecule has 186 valence electrons. The quantitative estimate of drug-likeness (QED) is 0.519. The van der Waals surface area contributed by atoms with Crippen molar-refractivity contribution in [2.75, 3.05) is 18.0 Å². The summed E-state index contributed by atoms with van der Waals surface area (Å²) in [5.74, 6) is -1.93. The van der Waals surface area contributed by atoms with Crippen LogP contribution < -0.4 is 20.4 Å². The first-order valence-electron chi connectivity index (χ1n) is 10.9. The number of alkyl halides is 3. The first kappa shape index (κ1) is 24.4. The van der Waals surface area contributed by atoms with E-state index < -0.39 is 47.5 Å². The fourth-order valence-corrected chi connectivity index (χ4v) is 3.91. The number of rotatable bonds is 5. The molecule has 1 N–H and O–H groups in total. The maximum Gasteiger partial charge on any atom is 0.413 e. The number of nitrogens with zero attached hydrogens (tertiary/aromatic N) is 3. The summed E-state index contributed by atoms with van der Waals surface area (Å²) >= 11 is 0. The van der Waals surface area contributed by atoms with E-state index in [0.717, 1.165) is 48.8 Å². The van der Waals surface area contributed by atoms with Gasteiger partial charge in [-0.2, -0.15) is 13.2 Å². The molecule has 0 unspecified atom stereocenters. The summed E-state index contributed by atoms with van der Waals surface area (Å²) in [5, 5.41) is 1.61. The minimum Gasteiger partial charge on any atom is -0.405 e. The standard InChI is InChI=1S/C23H21F5N4O3/c1-2-18(23(26,27)28)29-22(34)35-17-12-32(16-7-5-13(24)11-15(16)25)21-14(20(17)33)6-8-19(30-21)31-9-3-4-10-31/h5-8,11-12,18H,2-4,9-10H2,1H3,(H,29,34)/t18-/m1/s1. The van der Waals surface area contributed by atoms with Crippen molar-refractivity contribution in [3.8, 4) is 11.4 Å². The van der Waals surface area contributed by atoms with Crippen LogP contribution in [0, 0.1) is 11.6 Å². The predicted molar refractivity (Wildman–Crippen MR) is 118 cm³/mol. The van der Waals surface area contributed by atoms with Crippen molar-refractivity contribution in [3.05, 3.63) is 58.4 Å². The zero-order valence-corrected chi connectivity index (χ0v) is 18.5. The lowest BCUT2D eigenvalue weighted by atomic mass is 10.2. The molecule has 1 saturated heterocycles. The van der Waals surface area contributed by atoms with Crippen LogP contribution >= 0.6 is 0 Å². The van der Waals surface area contributed by atoms with Crippen molar-refractivity contribution < 1.29 is 31.5 Å². The second-order valence-electron chi connectivity index (χ2n) is 8.06. The van der Waals surface area contributed by atoms with Gasteiger partial charge in [-0.15, -0.1) is 0 Å². The second-order valence-corrected chi connectivity index (χ2v) is 8.06. The average molecular weight is 496 g/mol. The Balaban J connectivity index is 1.82. The van der Waals surface area contributed by atoms with Crippen molar-refractivity contribution >= 4 is 22.9 Å². The van der Waals surface area contributed by atoms with E-state index in [4.69, 9.17) is 4.74 Å². The number of carbonyl (C=O) groups excluding carboxylic acids is 1. The Hall–Kier alpha value is -3.70. The third-order valence-electron chi connectivity index (χ3n) is 5.70. The van der Waals surface area contributed by atoms with Gasteiger partial charge in [0, 0.05) is 19.2 Å². The maximum atomic E-state index is 14.7. The predicted octanol–water partition coefficient (Wildman–Crippen LogP) is 4.69. The molecule has 12 heteroatoms. The molecule has 0 radical (unpaired) electrons. The van der Waals surface area contributed by atoms with Crippen molar-refractivity contribution in [3.63, 3.8) is 0 Å². The molecule has 1 aliphatic rings. The Morgan fingerprint density at radius 3 is 2.51 bits per heavy atom. The zero-order valence-electron chi connectivity index (χ0n) is 18.5. The number of nitrogens with one attached hydrogen (secondary N) is 1. The van der Waals surface area contributed by atoms with Crippen LogP contribution in [-0.4, -0.2) is 41.0 Å². The van der Waals surface area contributed by atoms with Gasteiger partial charge in [-0.1, -0.05) is 6.92 Å². The summed E-state index contributed by atoms with van der Waals surface area (Å²) in [6.45, 7) is 2.71. The molecule has 3 heterocycles. The molecule has 7 nitrogen and oxygen atoms in total. The normalized spacial score (nSPS) is 14.9. The van der Waals surface area contributed by atoms with E-state index in [1.807, 2.05) is 4.90 Å². The molecule has 1 atom stereocenters. The molecule has 0 bridgehead atoms. The lowest BCUT2D eigenvalue weighted by molar-refractivity contribution is -0.154. The van der Waals surface area contributed by atoms with E-state index in [1.165, 1.54) is 13.0 Å². The summed E-state index contributed by atoms with van der Waals surface area (Å²) in [6, 6.07) is 3.56. The van der Waals surface area contributed by atoms with E-state index in [1.54, 1.807) is 11.4 Å². The average Bonchev–Trinajstić information content (AvgIpc) is 3.34. The molecular formula is C23H21F5N4O3. The number of aromatic nitrogens is 2. The number of anilines is 1. The molecule has 4 rings (SSSR count). The minimum absolute atomic E-state index is 0.0133. The van der Waals surface area contributed by atoms with Crippen LogP contribution in [0.25, 0.3) is 16.7 Å². The fourth-order valence-electron chi connectivity index (χ4n) is 3.91. The number of hydrogen-bond acceptors (Lipinski definition) is 5. The number of carbonyl (C=O) groups is 1. The van der Waals surface area contributed by atoms with Gasteiger partial charge >= 0.3 is 12.3 Å². The van der Waals surface area contributed by atoms with Crippen molar-refractivity contribution in [1.29, 1.82) is 0 Å². The van der Waals surface area contributed by atoms with Gasteiger partial charge in [-0.25, -0.2) is 18.6 Å². The lowest BCUT2D eigenvalue weighted by Crippen LogP contribution is -2.46. The number of benzene rings is 1. The summed E-state index contributed by atoms with van der Waals surface area (Å²) < 4.78 is 73.3. The second kappa shape index (κ2) is 9.51. The van der Waals surface area contributed by atoms with Crippen LogP contribution in [0.3, 0.4) is 0 Å². The number of ether oxygens (including phenoxy) is 1. The van der Waals surface area contributed by atoms with Crippen molar-refractivity contribution in [2.45, 2.75) is 38.4 Å². The number of pyridine rings is 2. The Bertz CT molecular complexity index is 1320. The SMILES string of the molecule is CC[C@@H](NC(=O)Oc1cn(-c2ccc(F)cc2F)c2nc(N3CCCC3)ccc2c1=O)C(F)(F)F. The van der Waals surface area contributed by atoms with Crippen LogP contribution in [0.1, 0.15) is 26.2 Å². The van der Waals surface area contributed by atoms with Gasteiger partial charge in [0.05, 0.1) is 17.3 Å². The largest absolute Gasteiger partial charge is 0.413 e. The molecule has 2 aromatic heterocycles. The third-order valence-corrected chi connectivity index (χ3v) is 5.70. The van der Waals surface area contributed by atoms with E-state index in [-0.39, 0.29) is 16.7 Å². The highest BCUT2D eigenvalue weighted by Gasteiger charge is 2.39. The Morgan fingerprint density at radius 2 is 1.89 bits per heavy atom. The van der Waals surface area contributed by atoms with Crippen LogP contribution in [0.5, 0.6) is 5.75 Å². The topological polar surface area (TPSA) is 76.5 Å². The van der Waals surface area contributed by atoms with Gasteiger partial charge in [0.25, 0.3) is 0 Å². The number of hydrogen-bond donors (Lipinski definition) is 1. The maximum absolute atomic E-state index is 14.7. The summed E-state index contributed by atoms with van der Waals surface area (Å²) in [4.78, 5) is 31.7. The van der Waals surface area contributed by atoms with Gasteiger partial charge in [0.15, 0.2) is 11.4 Å². The van der Waals surface area contributed by atoms with Crippen LogP contribution in [0.4, 0.5) is 32.6 Å². The van der Waals surface area contributed by atoms with E-state index in [2.05, 4.69) is 4.98 Å². The van der Waals surface area contributed by atoms with Gasteiger partial charge in [0.1, 0.15) is 23.5 Å². The van der Waals surface area contributed by atoms with Crippen molar-refractivity contribution in [2.24, 2.45) is 0 Å². The highest BCUT2D eigenvalue weighted by atomic mass is 19.4. The van der Waals surface area contributed by atoms with Crippen LogP contribution in [0.2, 0.25) is 0 Å². The number of halogens is 5. The van der Waals surface area contributed by atoms with E-state index >= 15 is 0 Å². The fraction of sp³-hybridized carbons (Fsp3) is 0.348.